The van der Waals surface area contributed by atoms with Gasteiger partial charge in [-0.15, -0.1) is 0 Å². The molecule has 0 aliphatic heterocycles. The van der Waals surface area contributed by atoms with Gasteiger partial charge in [-0.25, -0.2) is 14.8 Å². The van der Waals surface area contributed by atoms with Crippen LogP contribution in [0.25, 0.3) is 11.3 Å². The highest BCUT2D eigenvalue weighted by atomic mass is 16.1. The number of imidazole rings is 1. The number of nitrogens with one attached hydrogen (secondary N) is 1. The minimum atomic E-state index is -0.165. The van der Waals surface area contributed by atoms with Crippen molar-refractivity contribution in [2.75, 3.05) is 0 Å². The molecule has 0 radical (unpaired) electrons. The maximum Gasteiger partial charge on any atom is 0.329 e. The zero-order chi connectivity index (χ0) is 15.7. The van der Waals surface area contributed by atoms with E-state index in [9.17, 15) is 4.79 Å². The van der Waals surface area contributed by atoms with Gasteiger partial charge in [0, 0.05) is 0 Å². The first kappa shape index (κ1) is 14.5. The Bertz CT molecular complexity index is 848. The standard InChI is InChI=1S/C17H20N4O/c1-4-13-14(5-2)19-16-15(18-13)20-17(22)21(16)11(3)12-9-7-6-8-10-12/h6-11H,4-5H2,1-3H3,(H,18,20,22). The minimum Gasteiger partial charge on any atom is -0.289 e. The van der Waals surface area contributed by atoms with Crippen molar-refractivity contribution in [2.45, 2.75) is 39.7 Å². The summed E-state index contributed by atoms with van der Waals surface area (Å²) < 4.78 is 1.69. The van der Waals surface area contributed by atoms with Gasteiger partial charge in [0.05, 0.1) is 17.4 Å². The van der Waals surface area contributed by atoms with Crippen molar-refractivity contribution in [3.05, 3.63) is 57.8 Å². The Morgan fingerprint density at radius 1 is 1.09 bits per heavy atom. The van der Waals surface area contributed by atoms with E-state index in [0.29, 0.717) is 11.3 Å². The second-order valence-corrected chi connectivity index (χ2v) is 5.38. The molecule has 0 aliphatic carbocycles. The molecule has 2 aromatic heterocycles. The number of nitrogens with zero attached hydrogens (tertiary/aromatic N) is 3. The molecule has 3 rings (SSSR count). The molecule has 0 saturated carbocycles. The van der Waals surface area contributed by atoms with Crippen LogP contribution in [0.3, 0.4) is 0 Å². The largest absolute Gasteiger partial charge is 0.329 e. The summed E-state index contributed by atoms with van der Waals surface area (Å²) in [6.45, 7) is 6.12. The van der Waals surface area contributed by atoms with Crippen molar-refractivity contribution in [2.24, 2.45) is 0 Å². The number of aromatic amines is 1. The van der Waals surface area contributed by atoms with Gasteiger partial charge in [-0.1, -0.05) is 44.2 Å². The number of fused-ring (bicyclic) bond motifs is 1. The number of hydrogen-bond donors (Lipinski definition) is 1. The van der Waals surface area contributed by atoms with Crippen LogP contribution in [0, 0.1) is 0 Å². The third-order valence-corrected chi connectivity index (χ3v) is 4.04. The van der Waals surface area contributed by atoms with E-state index >= 15 is 0 Å². The molecule has 5 heteroatoms. The lowest BCUT2D eigenvalue weighted by Crippen LogP contribution is -2.21. The highest BCUT2D eigenvalue weighted by Gasteiger charge is 2.18. The monoisotopic (exact) mass is 296 g/mol. The average Bonchev–Trinajstić information content (AvgIpc) is 2.88. The number of H-pyrrole nitrogens is 1. The maximum absolute atomic E-state index is 12.4. The molecule has 0 aliphatic rings. The van der Waals surface area contributed by atoms with Gasteiger partial charge < -0.3 is 0 Å². The summed E-state index contributed by atoms with van der Waals surface area (Å²) in [7, 11) is 0. The van der Waals surface area contributed by atoms with E-state index < -0.39 is 0 Å². The molecule has 1 atom stereocenters. The van der Waals surface area contributed by atoms with Gasteiger partial charge in [0.25, 0.3) is 0 Å². The van der Waals surface area contributed by atoms with E-state index in [-0.39, 0.29) is 11.7 Å². The fourth-order valence-electron chi connectivity index (χ4n) is 2.81. The summed E-state index contributed by atoms with van der Waals surface area (Å²) in [6.07, 6.45) is 1.62. The van der Waals surface area contributed by atoms with Crippen molar-refractivity contribution >= 4 is 11.3 Å². The Kier molecular flexibility index (Phi) is 3.79. The predicted molar refractivity (Wildman–Crippen MR) is 87.2 cm³/mol. The minimum absolute atomic E-state index is 0.0890. The summed E-state index contributed by atoms with van der Waals surface area (Å²) in [4.78, 5) is 24.5. The van der Waals surface area contributed by atoms with Crippen LogP contribution in [0.4, 0.5) is 0 Å². The number of aromatic nitrogens is 4. The van der Waals surface area contributed by atoms with Crippen LogP contribution in [0.15, 0.2) is 35.1 Å². The second kappa shape index (κ2) is 5.75. The summed E-state index contributed by atoms with van der Waals surface area (Å²) >= 11 is 0. The molecule has 5 nitrogen and oxygen atoms in total. The molecule has 22 heavy (non-hydrogen) atoms. The smallest absolute Gasteiger partial charge is 0.289 e. The average molecular weight is 296 g/mol. The number of benzene rings is 1. The Labute approximate surface area is 129 Å². The molecule has 0 amide bonds. The van der Waals surface area contributed by atoms with Crippen LogP contribution in [0.1, 0.15) is 43.8 Å². The van der Waals surface area contributed by atoms with Gasteiger partial charge >= 0.3 is 5.69 Å². The Balaban J connectivity index is 2.21. The molecular weight excluding hydrogens is 276 g/mol. The first-order chi connectivity index (χ1) is 10.7. The molecule has 3 aromatic rings. The van der Waals surface area contributed by atoms with E-state index in [1.54, 1.807) is 4.57 Å². The normalized spacial score (nSPS) is 12.7. The lowest BCUT2D eigenvalue weighted by molar-refractivity contribution is 0.629. The highest BCUT2D eigenvalue weighted by molar-refractivity contribution is 5.66. The van der Waals surface area contributed by atoms with E-state index in [4.69, 9.17) is 4.98 Å². The van der Waals surface area contributed by atoms with Gasteiger partial charge in [-0.05, 0) is 25.3 Å². The molecule has 1 N–H and O–H groups in total. The summed E-state index contributed by atoms with van der Waals surface area (Å²) in [5.74, 6) is 0. The molecule has 0 bridgehead atoms. The predicted octanol–water partition coefficient (Wildman–Crippen LogP) is 2.85. The lowest BCUT2D eigenvalue weighted by Gasteiger charge is -2.14. The molecule has 0 fully saturated rings. The van der Waals surface area contributed by atoms with Crippen molar-refractivity contribution in [1.82, 2.24) is 19.5 Å². The first-order valence-corrected chi connectivity index (χ1v) is 7.70. The van der Waals surface area contributed by atoms with Crippen LogP contribution < -0.4 is 5.69 Å². The molecule has 1 aromatic carbocycles. The van der Waals surface area contributed by atoms with Crippen LogP contribution in [-0.2, 0) is 12.8 Å². The van der Waals surface area contributed by atoms with Gasteiger partial charge in [0.1, 0.15) is 0 Å². The van der Waals surface area contributed by atoms with Gasteiger partial charge in [-0.2, -0.15) is 0 Å². The topological polar surface area (TPSA) is 63.6 Å². The highest BCUT2D eigenvalue weighted by Crippen LogP contribution is 2.20. The third kappa shape index (κ3) is 2.32. The molecule has 2 heterocycles. The van der Waals surface area contributed by atoms with Crippen LogP contribution in [-0.4, -0.2) is 19.5 Å². The van der Waals surface area contributed by atoms with Crippen LogP contribution >= 0.6 is 0 Å². The molecule has 0 saturated heterocycles. The SMILES string of the molecule is CCc1nc2[nH]c(=O)n(C(C)c3ccccc3)c2nc1CC. The summed E-state index contributed by atoms with van der Waals surface area (Å²) in [5.41, 5.74) is 4.03. The Hall–Kier alpha value is -2.43. The summed E-state index contributed by atoms with van der Waals surface area (Å²) in [5, 5.41) is 0. The van der Waals surface area contributed by atoms with Crippen molar-refractivity contribution in [1.29, 1.82) is 0 Å². The second-order valence-electron chi connectivity index (χ2n) is 5.38. The number of aryl methyl sites for hydroxylation is 2. The quantitative estimate of drug-likeness (QED) is 0.805. The lowest BCUT2D eigenvalue weighted by atomic mass is 10.1. The van der Waals surface area contributed by atoms with Gasteiger partial charge in [0.2, 0.25) is 0 Å². The van der Waals surface area contributed by atoms with Crippen LogP contribution in [0.2, 0.25) is 0 Å². The van der Waals surface area contributed by atoms with Crippen LogP contribution in [0.5, 0.6) is 0 Å². The first-order valence-electron chi connectivity index (χ1n) is 7.70. The van der Waals surface area contributed by atoms with Gasteiger partial charge in [0.15, 0.2) is 11.3 Å². The summed E-state index contributed by atoms with van der Waals surface area (Å²) in [6, 6.07) is 9.87. The zero-order valence-electron chi connectivity index (χ0n) is 13.1. The number of hydrogen-bond acceptors (Lipinski definition) is 3. The van der Waals surface area contributed by atoms with E-state index in [2.05, 4.69) is 23.8 Å². The van der Waals surface area contributed by atoms with Crippen molar-refractivity contribution < 1.29 is 0 Å². The molecule has 0 spiro atoms. The van der Waals surface area contributed by atoms with Crippen molar-refractivity contribution in [3.8, 4) is 0 Å². The zero-order valence-corrected chi connectivity index (χ0v) is 13.1. The van der Waals surface area contributed by atoms with E-state index in [0.717, 1.165) is 29.8 Å². The van der Waals surface area contributed by atoms with E-state index in [1.165, 1.54) is 0 Å². The fourth-order valence-corrected chi connectivity index (χ4v) is 2.81. The van der Waals surface area contributed by atoms with E-state index in [1.807, 2.05) is 37.3 Å². The molecule has 114 valence electrons. The Morgan fingerprint density at radius 2 is 1.73 bits per heavy atom. The van der Waals surface area contributed by atoms with Crippen molar-refractivity contribution in [3.63, 3.8) is 0 Å². The fraction of sp³-hybridized carbons (Fsp3) is 0.353. The number of rotatable bonds is 4. The Morgan fingerprint density at radius 3 is 2.36 bits per heavy atom. The van der Waals surface area contributed by atoms with Gasteiger partial charge in [-0.3, -0.25) is 9.55 Å². The molecular formula is C17H20N4O. The molecule has 1 unspecified atom stereocenters. The third-order valence-electron chi connectivity index (χ3n) is 4.04. The maximum atomic E-state index is 12.4.